The van der Waals surface area contributed by atoms with Crippen LogP contribution in [0.15, 0.2) is 12.2 Å². The van der Waals surface area contributed by atoms with Gasteiger partial charge in [0, 0.05) is 6.42 Å². The van der Waals surface area contributed by atoms with Crippen LogP contribution in [0.4, 0.5) is 0 Å². The van der Waals surface area contributed by atoms with E-state index in [9.17, 15) is 4.79 Å². The molecule has 0 aromatic carbocycles. The minimum absolute atomic E-state index is 0.293. The summed E-state index contributed by atoms with van der Waals surface area (Å²) in [5.41, 5.74) is 0. The number of carboxylic acids is 1. The lowest BCUT2D eigenvalue weighted by Gasteiger charge is -2.04. The smallest absolute Gasteiger partial charge is 0.303 e. The van der Waals surface area contributed by atoms with E-state index in [-0.39, 0.29) is 0 Å². The SMILES string of the molecule is CC(C)CCCCCCCCC/C=C/CCCC(=O)O. The number of unbranched alkanes of at least 4 members (excludes halogenated alkanes) is 8. The zero-order valence-corrected chi connectivity index (χ0v) is 13.6. The predicted molar refractivity (Wildman–Crippen MR) is 87.0 cm³/mol. The van der Waals surface area contributed by atoms with Crippen LogP contribution < -0.4 is 0 Å². The van der Waals surface area contributed by atoms with Gasteiger partial charge in [0.2, 0.25) is 0 Å². The van der Waals surface area contributed by atoms with Crippen LogP contribution in [-0.4, -0.2) is 11.1 Å². The Morgan fingerprint density at radius 3 is 1.90 bits per heavy atom. The number of hydrogen-bond donors (Lipinski definition) is 1. The Balaban J connectivity index is 3.09. The fraction of sp³-hybridized carbons (Fsp3) is 0.833. The van der Waals surface area contributed by atoms with Crippen molar-refractivity contribution in [2.24, 2.45) is 5.92 Å². The maximum Gasteiger partial charge on any atom is 0.303 e. The van der Waals surface area contributed by atoms with Gasteiger partial charge in [-0.05, 0) is 31.6 Å². The lowest BCUT2D eigenvalue weighted by atomic mass is 10.0. The largest absolute Gasteiger partial charge is 0.481 e. The Morgan fingerprint density at radius 1 is 0.850 bits per heavy atom. The third-order valence-electron chi connectivity index (χ3n) is 3.58. The highest BCUT2D eigenvalue weighted by Crippen LogP contribution is 2.12. The summed E-state index contributed by atoms with van der Waals surface area (Å²) >= 11 is 0. The molecule has 0 aromatic rings. The van der Waals surface area contributed by atoms with E-state index in [1.807, 2.05) is 0 Å². The average molecular weight is 282 g/mol. The first-order valence-electron chi connectivity index (χ1n) is 8.49. The molecule has 0 heterocycles. The van der Waals surface area contributed by atoms with Crippen molar-refractivity contribution in [1.29, 1.82) is 0 Å². The van der Waals surface area contributed by atoms with E-state index in [1.165, 1.54) is 51.4 Å². The Bertz CT molecular complexity index is 244. The Labute approximate surface area is 125 Å². The summed E-state index contributed by atoms with van der Waals surface area (Å²) in [5, 5.41) is 8.49. The number of carboxylic acid groups (broad SMARTS) is 1. The van der Waals surface area contributed by atoms with Crippen molar-refractivity contribution in [2.75, 3.05) is 0 Å². The summed E-state index contributed by atoms with van der Waals surface area (Å²) < 4.78 is 0. The van der Waals surface area contributed by atoms with Gasteiger partial charge in [-0.1, -0.05) is 70.9 Å². The van der Waals surface area contributed by atoms with Gasteiger partial charge in [0.25, 0.3) is 0 Å². The van der Waals surface area contributed by atoms with Crippen molar-refractivity contribution in [3.05, 3.63) is 12.2 Å². The fourth-order valence-electron chi connectivity index (χ4n) is 2.31. The normalized spacial score (nSPS) is 11.6. The van der Waals surface area contributed by atoms with Gasteiger partial charge >= 0.3 is 5.97 Å². The second kappa shape index (κ2) is 14.6. The third-order valence-corrected chi connectivity index (χ3v) is 3.58. The van der Waals surface area contributed by atoms with Gasteiger partial charge in [0.15, 0.2) is 0 Å². The van der Waals surface area contributed by atoms with E-state index in [1.54, 1.807) is 0 Å². The number of carbonyl (C=O) groups is 1. The van der Waals surface area contributed by atoms with Gasteiger partial charge in [-0.2, -0.15) is 0 Å². The molecule has 0 aliphatic rings. The summed E-state index contributed by atoms with van der Waals surface area (Å²) in [7, 11) is 0. The minimum atomic E-state index is -0.688. The number of hydrogen-bond acceptors (Lipinski definition) is 1. The van der Waals surface area contributed by atoms with Crippen molar-refractivity contribution in [3.63, 3.8) is 0 Å². The van der Waals surface area contributed by atoms with Crippen molar-refractivity contribution >= 4 is 5.97 Å². The summed E-state index contributed by atoms with van der Waals surface area (Å²) in [5.74, 6) is 0.170. The van der Waals surface area contributed by atoms with Gasteiger partial charge in [0.05, 0.1) is 0 Å². The highest BCUT2D eigenvalue weighted by molar-refractivity contribution is 5.66. The molecule has 2 nitrogen and oxygen atoms in total. The minimum Gasteiger partial charge on any atom is -0.481 e. The molecule has 1 N–H and O–H groups in total. The number of allylic oxidation sites excluding steroid dienone is 2. The average Bonchev–Trinajstić information content (AvgIpc) is 2.38. The first-order chi connectivity index (χ1) is 9.63. The Hall–Kier alpha value is -0.790. The molecule has 20 heavy (non-hydrogen) atoms. The second-order valence-electron chi connectivity index (χ2n) is 6.20. The van der Waals surface area contributed by atoms with E-state index in [0.29, 0.717) is 6.42 Å². The molecular weight excluding hydrogens is 248 g/mol. The van der Waals surface area contributed by atoms with Gasteiger partial charge in [-0.25, -0.2) is 0 Å². The molecule has 0 aliphatic carbocycles. The molecule has 0 atom stereocenters. The fourth-order valence-corrected chi connectivity index (χ4v) is 2.31. The maximum absolute atomic E-state index is 10.3. The lowest BCUT2D eigenvalue weighted by Crippen LogP contribution is -1.92. The van der Waals surface area contributed by atoms with Crippen LogP contribution in [-0.2, 0) is 4.79 Å². The van der Waals surface area contributed by atoms with Crippen LogP contribution in [0, 0.1) is 5.92 Å². The molecule has 0 spiro atoms. The Kier molecular flexibility index (Phi) is 14.0. The van der Waals surface area contributed by atoms with Gasteiger partial charge in [-0.3, -0.25) is 4.79 Å². The molecule has 0 aliphatic heterocycles. The van der Waals surface area contributed by atoms with E-state index >= 15 is 0 Å². The molecule has 2 heteroatoms. The van der Waals surface area contributed by atoms with Crippen LogP contribution >= 0.6 is 0 Å². The van der Waals surface area contributed by atoms with Gasteiger partial charge in [0.1, 0.15) is 0 Å². The van der Waals surface area contributed by atoms with Crippen LogP contribution in [0.3, 0.4) is 0 Å². The van der Waals surface area contributed by atoms with E-state index in [2.05, 4.69) is 26.0 Å². The molecule has 0 fully saturated rings. The third kappa shape index (κ3) is 17.2. The van der Waals surface area contributed by atoms with Crippen molar-refractivity contribution in [1.82, 2.24) is 0 Å². The number of aliphatic carboxylic acids is 1. The summed E-state index contributed by atoms with van der Waals surface area (Å²) in [6, 6.07) is 0. The molecule has 0 rings (SSSR count). The molecule has 0 saturated heterocycles. The van der Waals surface area contributed by atoms with Gasteiger partial charge < -0.3 is 5.11 Å². The molecule has 0 unspecified atom stereocenters. The zero-order valence-electron chi connectivity index (χ0n) is 13.6. The molecule has 0 aromatic heterocycles. The molecule has 0 radical (unpaired) electrons. The summed E-state index contributed by atoms with van der Waals surface area (Å²) in [4.78, 5) is 10.3. The predicted octanol–water partition coefficient (Wildman–Crippen LogP) is 5.96. The van der Waals surface area contributed by atoms with Crippen LogP contribution in [0.25, 0.3) is 0 Å². The quantitative estimate of drug-likeness (QED) is 0.315. The second-order valence-corrected chi connectivity index (χ2v) is 6.20. The molecule has 0 amide bonds. The maximum atomic E-state index is 10.3. The molecule has 0 saturated carbocycles. The van der Waals surface area contributed by atoms with Crippen molar-refractivity contribution in [2.45, 2.75) is 90.9 Å². The monoisotopic (exact) mass is 282 g/mol. The summed E-state index contributed by atoms with van der Waals surface area (Å²) in [6.07, 6.45) is 18.4. The van der Waals surface area contributed by atoms with E-state index < -0.39 is 5.97 Å². The zero-order chi connectivity index (χ0) is 15.1. The van der Waals surface area contributed by atoms with Gasteiger partial charge in [-0.15, -0.1) is 0 Å². The highest BCUT2D eigenvalue weighted by atomic mass is 16.4. The van der Waals surface area contributed by atoms with E-state index in [0.717, 1.165) is 25.2 Å². The topological polar surface area (TPSA) is 37.3 Å². The Morgan fingerprint density at radius 2 is 1.35 bits per heavy atom. The first kappa shape index (κ1) is 19.2. The standard InChI is InChI=1S/C18H34O2/c1-17(2)15-13-11-9-7-5-3-4-6-8-10-12-14-16-18(19)20/h8,10,17H,3-7,9,11-16H2,1-2H3,(H,19,20)/b10-8+. The molecule has 0 bridgehead atoms. The summed E-state index contributed by atoms with van der Waals surface area (Å²) in [6.45, 7) is 4.60. The highest BCUT2D eigenvalue weighted by Gasteiger charge is 1.95. The van der Waals surface area contributed by atoms with Crippen molar-refractivity contribution < 1.29 is 9.90 Å². The first-order valence-corrected chi connectivity index (χ1v) is 8.49. The number of rotatable bonds is 14. The molecular formula is C18H34O2. The molecule has 118 valence electrons. The van der Waals surface area contributed by atoms with Crippen LogP contribution in [0.1, 0.15) is 90.9 Å². The van der Waals surface area contributed by atoms with Crippen molar-refractivity contribution in [3.8, 4) is 0 Å². The van der Waals surface area contributed by atoms with E-state index in [4.69, 9.17) is 5.11 Å². The lowest BCUT2D eigenvalue weighted by molar-refractivity contribution is -0.137. The van der Waals surface area contributed by atoms with Crippen LogP contribution in [0.5, 0.6) is 0 Å². The van der Waals surface area contributed by atoms with Crippen LogP contribution in [0.2, 0.25) is 0 Å².